The Bertz CT molecular complexity index is 677. The Morgan fingerprint density at radius 1 is 1.25 bits per heavy atom. The first-order valence-electron chi connectivity index (χ1n) is 5.92. The van der Waals surface area contributed by atoms with Crippen LogP contribution in [0.4, 0.5) is 8.78 Å². The molecular weight excluding hydrogens is 266 g/mol. The molecule has 1 aromatic heterocycles. The monoisotopic (exact) mass is 278 g/mol. The normalized spacial score (nSPS) is 11.9. The molecule has 1 atom stereocenters. The van der Waals surface area contributed by atoms with E-state index in [1.807, 2.05) is 0 Å². The number of hydrogen-bond donors (Lipinski definition) is 2. The van der Waals surface area contributed by atoms with Gasteiger partial charge in [0, 0.05) is 23.9 Å². The minimum Gasteiger partial charge on any atom is -0.345 e. The molecule has 0 aliphatic heterocycles. The molecule has 20 heavy (non-hydrogen) atoms. The van der Waals surface area contributed by atoms with E-state index in [1.165, 1.54) is 24.4 Å². The summed E-state index contributed by atoms with van der Waals surface area (Å²) >= 11 is 0. The second-order valence-electron chi connectivity index (χ2n) is 4.30. The maximum atomic E-state index is 13.6. The van der Waals surface area contributed by atoms with E-state index in [-0.39, 0.29) is 16.7 Å². The third kappa shape index (κ3) is 3.09. The Kier molecular flexibility index (Phi) is 3.93. The van der Waals surface area contributed by atoms with Crippen LogP contribution >= 0.6 is 0 Å². The lowest BCUT2D eigenvalue weighted by Crippen LogP contribution is -2.27. The second-order valence-corrected chi connectivity index (χ2v) is 4.30. The number of carbonyl (C=O) groups excluding carboxylic acids is 1. The summed E-state index contributed by atoms with van der Waals surface area (Å²) in [4.78, 5) is 25.2. The van der Waals surface area contributed by atoms with Crippen molar-refractivity contribution in [1.29, 1.82) is 0 Å². The number of nitrogens with one attached hydrogen (secondary N) is 2. The number of amides is 1. The van der Waals surface area contributed by atoms with Crippen molar-refractivity contribution in [2.75, 3.05) is 0 Å². The van der Waals surface area contributed by atoms with Gasteiger partial charge in [-0.2, -0.15) is 0 Å². The number of hydrogen-bond acceptors (Lipinski definition) is 2. The van der Waals surface area contributed by atoms with E-state index < -0.39 is 23.6 Å². The average molecular weight is 278 g/mol. The van der Waals surface area contributed by atoms with Gasteiger partial charge >= 0.3 is 0 Å². The summed E-state index contributed by atoms with van der Waals surface area (Å²) in [5.41, 5.74) is 0.113. The predicted octanol–water partition coefficient (Wildman–Crippen LogP) is 2.14. The van der Waals surface area contributed by atoms with E-state index in [4.69, 9.17) is 0 Å². The third-order valence-corrected chi connectivity index (χ3v) is 2.82. The maximum Gasteiger partial charge on any atom is 0.253 e. The van der Waals surface area contributed by atoms with Crippen molar-refractivity contribution in [3.05, 3.63) is 69.6 Å². The van der Waals surface area contributed by atoms with Gasteiger partial charge in [0.25, 0.3) is 5.91 Å². The third-order valence-electron chi connectivity index (χ3n) is 2.82. The highest BCUT2D eigenvalue weighted by molar-refractivity contribution is 5.94. The fourth-order valence-electron chi connectivity index (χ4n) is 1.76. The molecule has 2 aromatic rings. The van der Waals surface area contributed by atoms with Crippen molar-refractivity contribution in [3.8, 4) is 0 Å². The van der Waals surface area contributed by atoms with Crippen molar-refractivity contribution < 1.29 is 13.6 Å². The van der Waals surface area contributed by atoms with Gasteiger partial charge in [-0.3, -0.25) is 9.59 Å². The molecule has 0 saturated carbocycles. The Hall–Kier alpha value is -2.50. The van der Waals surface area contributed by atoms with E-state index in [0.29, 0.717) is 0 Å². The van der Waals surface area contributed by atoms with Gasteiger partial charge in [0.05, 0.1) is 11.6 Å². The van der Waals surface area contributed by atoms with Gasteiger partial charge in [-0.25, -0.2) is 8.78 Å². The highest BCUT2D eigenvalue weighted by Gasteiger charge is 2.15. The number of benzene rings is 1. The van der Waals surface area contributed by atoms with Crippen LogP contribution in [-0.4, -0.2) is 10.9 Å². The first-order valence-corrected chi connectivity index (χ1v) is 5.92. The van der Waals surface area contributed by atoms with Crippen LogP contribution in [0.5, 0.6) is 0 Å². The molecule has 104 valence electrons. The number of aromatic nitrogens is 1. The van der Waals surface area contributed by atoms with Gasteiger partial charge in [-0.15, -0.1) is 0 Å². The van der Waals surface area contributed by atoms with Crippen LogP contribution in [-0.2, 0) is 0 Å². The van der Waals surface area contributed by atoms with Gasteiger partial charge in [0.15, 0.2) is 0 Å². The molecule has 2 N–H and O–H groups in total. The van der Waals surface area contributed by atoms with Crippen LogP contribution in [0.15, 0.2) is 41.3 Å². The van der Waals surface area contributed by atoms with Crippen molar-refractivity contribution in [1.82, 2.24) is 10.3 Å². The zero-order valence-corrected chi connectivity index (χ0v) is 10.6. The molecular formula is C14H12F2N2O2. The number of carbonyl (C=O) groups is 1. The van der Waals surface area contributed by atoms with Crippen LogP contribution in [0.1, 0.15) is 28.9 Å². The largest absolute Gasteiger partial charge is 0.345 e. The van der Waals surface area contributed by atoms with Crippen molar-refractivity contribution in [2.24, 2.45) is 0 Å². The lowest BCUT2D eigenvalue weighted by Gasteiger charge is -2.15. The molecule has 0 fully saturated rings. The zero-order valence-electron chi connectivity index (χ0n) is 10.6. The number of aromatic amines is 1. The standard InChI is InChI=1S/C14H12F2N2O2/c1-8(11-4-3-10(15)6-12(11)16)18-14(20)9-2-5-13(19)17-7-9/h2-8H,1H3,(H,17,19)(H,18,20). The summed E-state index contributed by atoms with van der Waals surface area (Å²) in [7, 11) is 0. The van der Waals surface area contributed by atoms with Crippen LogP contribution in [0.25, 0.3) is 0 Å². The lowest BCUT2D eigenvalue weighted by atomic mass is 10.1. The molecule has 1 heterocycles. The van der Waals surface area contributed by atoms with Gasteiger partial charge < -0.3 is 10.3 Å². The maximum absolute atomic E-state index is 13.6. The van der Waals surface area contributed by atoms with Crippen LogP contribution in [0.2, 0.25) is 0 Å². The van der Waals surface area contributed by atoms with Crippen LogP contribution in [0, 0.1) is 11.6 Å². The summed E-state index contributed by atoms with van der Waals surface area (Å²) in [6, 6.07) is 5.12. The Morgan fingerprint density at radius 3 is 2.60 bits per heavy atom. The smallest absolute Gasteiger partial charge is 0.253 e. The second kappa shape index (κ2) is 5.64. The van der Waals surface area contributed by atoms with E-state index in [1.54, 1.807) is 6.92 Å². The summed E-state index contributed by atoms with van der Waals surface area (Å²) in [5.74, 6) is -1.86. The van der Waals surface area contributed by atoms with E-state index >= 15 is 0 Å². The highest BCUT2D eigenvalue weighted by atomic mass is 19.1. The predicted molar refractivity (Wildman–Crippen MR) is 69.3 cm³/mol. The van der Waals surface area contributed by atoms with Crippen molar-refractivity contribution in [2.45, 2.75) is 13.0 Å². The Labute approximate surface area is 113 Å². The average Bonchev–Trinajstić information content (AvgIpc) is 2.39. The molecule has 1 amide bonds. The molecule has 6 heteroatoms. The fraction of sp³-hybridized carbons (Fsp3) is 0.143. The fourth-order valence-corrected chi connectivity index (χ4v) is 1.76. The van der Waals surface area contributed by atoms with Crippen molar-refractivity contribution >= 4 is 5.91 Å². The molecule has 4 nitrogen and oxygen atoms in total. The number of pyridine rings is 1. The zero-order chi connectivity index (χ0) is 14.7. The molecule has 0 saturated heterocycles. The van der Waals surface area contributed by atoms with Gasteiger partial charge in [0.2, 0.25) is 5.56 Å². The molecule has 1 aromatic carbocycles. The highest BCUT2D eigenvalue weighted by Crippen LogP contribution is 2.18. The minimum atomic E-state index is -0.723. The van der Waals surface area contributed by atoms with Crippen LogP contribution < -0.4 is 10.9 Å². The molecule has 0 bridgehead atoms. The summed E-state index contributed by atoms with van der Waals surface area (Å²) < 4.78 is 26.4. The summed E-state index contributed by atoms with van der Waals surface area (Å²) in [5, 5.41) is 2.57. The molecule has 1 unspecified atom stereocenters. The number of H-pyrrole nitrogens is 1. The molecule has 0 radical (unpaired) electrons. The van der Waals surface area contributed by atoms with E-state index in [9.17, 15) is 18.4 Å². The van der Waals surface area contributed by atoms with Crippen LogP contribution in [0.3, 0.4) is 0 Å². The minimum absolute atomic E-state index is 0.184. The Balaban J connectivity index is 2.14. The Morgan fingerprint density at radius 2 is 2.00 bits per heavy atom. The number of rotatable bonds is 3. The van der Waals surface area contributed by atoms with Gasteiger partial charge in [-0.1, -0.05) is 6.07 Å². The van der Waals surface area contributed by atoms with Gasteiger partial charge in [-0.05, 0) is 19.1 Å². The summed E-state index contributed by atoms with van der Waals surface area (Å²) in [6.45, 7) is 1.58. The van der Waals surface area contributed by atoms with Gasteiger partial charge in [0.1, 0.15) is 11.6 Å². The van der Waals surface area contributed by atoms with E-state index in [0.717, 1.165) is 12.1 Å². The molecule has 2 rings (SSSR count). The topological polar surface area (TPSA) is 62.0 Å². The van der Waals surface area contributed by atoms with Crippen molar-refractivity contribution in [3.63, 3.8) is 0 Å². The molecule has 0 aliphatic carbocycles. The quantitative estimate of drug-likeness (QED) is 0.903. The first kappa shape index (κ1) is 13.9. The van der Waals surface area contributed by atoms with E-state index in [2.05, 4.69) is 10.3 Å². The SMILES string of the molecule is CC(NC(=O)c1ccc(=O)[nH]c1)c1ccc(F)cc1F. The first-order chi connectivity index (χ1) is 9.47. The lowest BCUT2D eigenvalue weighted by molar-refractivity contribution is 0.0939. The summed E-state index contributed by atoms with van der Waals surface area (Å²) in [6.07, 6.45) is 1.27. The number of halogens is 2. The molecule has 0 spiro atoms. The molecule has 0 aliphatic rings.